The number of likely N-dealkylation sites (N-methyl/N-ethyl adjacent to an activating group) is 1. The normalized spacial score (nSPS) is 12.3. The van der Waals surface area contributed by atoms with Crippen molar-refractivity contribution in [2.75, 3.05) is 27.3 Å². The van der Waals surface area contributed by atoms with Gasteiger partial charge in [0.25, 0.3) is 0 Å². The lowest BCUT2D eigenvalue weighted by molar-refractivity contribution is -0.130. The lowest BCUT2D eigenvalue weighted by Crippen LogP contribution is -2.37. The highest BCUT2D eigenvalue weighted by Gasteiger charge is 2.16. The van der Waals surface area contributed by atoms with Crippen molar-refractivity contribution in [3.05, 3.63) is 34.1 Å². The van der Waals surface area contributed by atoms with E-state index < -0.39 is 11.9 Å². The number of aliphatic hydroxyl groups is 1. The van der Waals surface area contributed by atoms with E-state index in [9.17, 15) is 14.3 Å². The topological polar surface area (TPSA) is 49.8 Å². The van der Waals surface area contributed by atoms with Crippen molar-refractivity contribution in [1.29, 1.82) is 0 Å². The Bertz CT molecular complexity index is 442. The Kier molecular flexibility index (Phi) is 6.41. The van der Waals surface area contributed by atoms with Crippen LogP contribution in [0.15, 0.2) is 22.7 Å². The highest BCUT2D eigenvalue weighted by molar-refractivity contribution is 9.10. The fourth-order valence-electron chi connectivity index (χ4n) is 1.64. The Morgan fingerprint density at radius 1 is 1.58 bits per heavy atom. The molecule has 0 aliphatic heterocycles. The molecule has 1 rings (SSSR count). The van der Waals surface area contributed by atoms with E-state index >= 15 is 0 Å². The predicted octanol–water partition coefficient (Wildman–Crippen LogP) is 1.60. The molecule has 0 saturated carbocycles. The minimum Gasteiger partial charge on any atom is -0.389 e. The van der Waals surface area contributed by atoms with Crippen LogP contribution in [-0.4, -0.2) is 49.3 Å². The molecule has 0 spiro atoms. The Morgan fingerprint density at radius 2 is 2.26 bits per heavy atom. The van der Waals surface area contributed by atoms with E-state index in [2.05, 4.69) is 15.9 Å². The molecule has 0 aliphatic rings. The van der Waals surface area contributed by atoms with Crippen LogP contribution in [-0.2, 0) is 16.0 Å². The second kappa shape index (κ2) is 7.57. The van der Waals surface area contributed by atoms with E-state index in [1.54, 1.807) is 19.2 Å². The van der Waals surface area contributed by atoms with Gasteiger partial charge in [0.05, 0.1) is 19.1 Å². The van der Waals surface area contributed by atoms with Gasteiger partial charge in [0.15, 0.2) is 0 Å². The number of hydrogen-bond donors (Lipinski definition) is 1. The summed E-state index contributed by atoms with van der Waals surface area (Å²) in [5.74, 6) is -0.672. The maximum atomic E-state index is 13.5. The number of carbonyl (C=O) groups is 1. The van der Waals surface area contributed by atoms with Crippen molar-refractivity contribution in [1.82, 2.24) is 4.90 Å². The van der Waals surface area contributed by atoms with Crippen molar-refractivity contribution in [3.63, 3.8) is 0 Å². The number of nitrogens with zero attached hydrogens (tertiary/aromatic N) is 1. The molecule has 106 valence electrons. The van der Waals surface area contributed by atoms with Crippen molar-refractivity contribution in [2.45, 2.75) is 12.5 Å². The molecule has 1 atom stereocenters. The molecule has 19 heavy (non-hydrogen) atoms. The Morgan fingerprint density at radius 3 is 2.89 bits per heavy atom. The van der Waals surface area contributed by atoms with E-state index in [1.807, 2.05) is 0 Å². The van der Waals surface area contributed by atoms with Gasteiger partial charge in [-0.05, 0) is 23.8 Å². The van der Waals surface area contributed by atoms with Crippen molar-refractivity contribution in [2.24, 2.45) is 0 Å². The molecule has 1 unspecified atom stereocenters. The number of halogens is 2. The highest BCUT2D eigenvalue weighted by Crippen LogP contribution is 2.16. The van der Waals surface area contributed by atoms with E-state index in [0.717, 1.165) is 4.47 Å². The summed E-state index contributed by atoms with van der Waals surface area (Å²) in [6.45, 7) is 0.311. The Hall–Kier alpha value is -0.980. The molecule has 1 aromatic carbocycles. The van der Waals surface area contributed by atoms with Gasteiger partial charge in [-0.2, -0.15) is 0 Å². The first-order chi connectivity index (χ1) is 8.93. The lowest BCUT2D eigenvalue weighted by Gasteiger charge is -2.20. The minimum atomic E-state index is -0.744. The maximum Gasteiger partial charge on any atom is 0.226 e. The number of ether oxygens (including phenoxy) is 1. The molecule has 1 amide bonds. The van der Waals surface area contributed by atoms with Crippen LogP contribution in [0.5, 0.6) is 0 Å². The average molecular weight is 334 g/mol. The molecule has 0 bridgehead atoms. The molecule has 1 aromatic rings. The smallest absolute Gasteiger partial charge is 0.226 e. The van der Waals surface area contributed by atoms with E-state index in [4.69, 9.17) is 4.74 Å². The Labute approximate surface area is 120 Å². The zero-order valence-electron chi connectivity index (χ0n) is 10.9. The molecular weight excluding hydrogens is 317 g/mol. The zero-order chi connectivity index (χ0) is 14.4. The summed E-state index contributed by atoms with van der Waals surface area (Å²) in [6, 6.07) is 4.47. The molecule has 1 N–H and O–H groups in total. The third kappa shape index (κ3) is 5.26. The van der Waals surface area contributed by atoms with Crippen LogP contribution in [0.4, 0.5) is 4.39 Å². The average Bonchev–Trinajstić information content (AvgIpc) is 2.34. The van der Waals surface area contributed by atoms with Gasteiger partial charge in [0.1, 0.15) is 5.82 Å². The molecule has 0 radical (unpaired) electrons. The number of rotatable bonds is 6. The van der Waals surface area contributed by atoms with Gasteiger partial charge in [0.2, 0.25) is 5.91 Å². The van der Waals surface area contributed by atoms with Crippen molar-refractivity contribution in [3.8, 4) is 0 Å². The third-order valence-corrected chi connectivity index (χ3v) is 3.11. The van der Waals surface area contributed by atoms with Crippen LogP contribution in [0.2, 0.25) is 0 Å². The number of amides is 1. The monoisotopic (exact) mass is 333 g/mol. The van der Waals surface area contributed by atoms with E-state index in [1.165, 1.54) is 18.1 Å². The number of carbonyl (C=O) groups excluding carboxylic acids is 1. The fraction of sp³-hybridized carbons (Fsp3) is 0.462. The molecule has 0 aliphatic carbocycles. The van der Waals surface area contributed by atoms with Crippen LogP contribution in [0.25, 0.3) is 0 Å². The molecular formula is C13H17BrFNO3. The quantitative estimate of drug-likeness (QED) is 0.860. The fourth-order valence-corrected chi connectivity index (χ4v) is 2.05. The summed E-state index contributed by atoms with van der Waals surface area (Å²) in [6.07, 6.45) is -0.784. The van der Waals surface area contributed by atoms with E-state index in [-0.39, 0.29) is 25.5 Å². The van der Waals surface area contributed by atoms with Gasteiger partial charge < -0.3 is 14.7 Å². The van der Waals surface area contributed by atoms with Crippen LogP contribution >= 0.6 is 15.9 Å². The summed E-state index contributed by atoms with van der Waals surface area (Å²) in [7, 11) is 3.04. The van der Waals surface area contributed by atoms with Crippen molar-refractivity contribution >= 4 is 21.8 Å². The second-order valence-corrected chi connectivity index (χ2v) is 5.21. The Balaban J connectivity index is 2.61. The predicted molar refractivity (Wildman–Crippen MR) is 73.3 cm³/mol. The molecule has 0 saturated heterocycles. The first kappa shape index (κ1) is 16.1. The summed E-state index contributed by atoms with van der Waals surface area (Å²) in [4.78, 5) is 13.3. The maximum absolute atomic E-state index is 13.5. The summed E-state index contributed by atoms with van der Waals surface area (Å²) >= 11 is 3.24. The van der Waals surface area contributed by atoms with Gasteiger partial charge in [-0.1, -0.05) is 15.9 Å². The largest absolute Gasteiger partial charge is 0.389 e. The summed E-state index contributed by atoms with van der Waals surface area (Å²) < 4.78 is 19.0. The van der Waals surface area contributed by atoms with Gasteiger partial charge in [-0.15, -0.1) is 0 Å². The number of methoxy groups -OCH3 is 1. The van der Waals surface area contributed by atoms with Crippen molar-refractivity contribution < 1.29 is 19.0 Å². The standard InChI is InChI=1S/C13H17BrFNO3/c1-16(7-11(17)8-19-2)13(18)6-9-5-10(14)3-4-12(9)15/h3-5,11,17H,6-8H2,1-2H3. The van der Waals surface area contributed by atoms with Gasteiger partial charge in [0, 0.05) is 25.2 Å². The number of hydrogen-bond acceptors (Lipinski definition) is 3. The first-order valence-corrected chi connectivity index (χ1v) is 6.58. The zero-order valence-corrected chi connectivity index (χ0v) is 12.5. The van der Waals surface area contributed by atoms with Crippen LogP contribution < -0.4 is 0 Å². The molecule has 4 nitrogen and oxygen atoms in total. The second-order valence-electron chi connectivity index (χ2n) is 4.30. The first-order valence-electron chi connectivity index (χ1n) is 5.79. The van der Waals surface area contributed by atoms with Gasteiger partial charge in [-0.25, -0.2) is 4.39 Å². The lowest BCUT2D eigenvalue weighted by atomic mass is 10.1. The van der Waals surface area contributed by atoms with Crippen LogP contribution in [0, 0.1) is 5.82 Å². The van der Waals surface area contributed by atoms with Gasteiger partial charge >= 0.3 is 0 Å². The SMILES string of the molecule is COCC(O)CN(C)C(=O)Cc1cc(Br)ccc1F. The van der Waals surface area contributed by atoms with Crippen LogP contribution in [0.1, 0.15) is 5.56 Å². The number of aliphatic hydroxyl groups excluding tert-OH is 1. The third-order valence-electron chi connectivity index (χ3n) is 2.62. The van der Waals surface area contributed by atoms with Crippen LogP contribution in [0.3, 0.4) is 0 Å². The molecule has 0 fully saturated rings. The summed E-state index contributed by atoms with van der Waals surface area (Å²) in [5.41, 5.74) is 0.326. The minimum absolute atomic E-state index is 0.0402. The molecule has 0 heterocycles. The van der Waals surface area contributed by atoms with E-state index in [0.29, 0.717) is 5.56 Å². The highest BCUT2D eigenvalue weighted by atomic mass is 79.9. The number of benzene rings is 1. The summed E-state index contributed by atoms with van der Waals surface area (Å²) in [5, 5.41) is 9.53. The molecule has 6 heteroatoms. The van der Waals surface area contributed by atoms with Gasteiger partial charge in [-0.3, -0.25) is 4.79 Å². The molecule has 0 aromatic heterocycles.